The third-order valence-electron chi connectivity index (χ3n) is 12.1. The molecule has 5 aromatic carbocycles. The number of esters is 7. The van der Waals surface area contributed by atoms with Crippen LogP contribution in [0, 0.1) is 0 Å². The van der Waals surface area contributed by atoms with Gasteiger partial charge < -0.3 is 52.1 Å². The molecule has 5 rings (SSSR count). The molecule has 0 radical (unpaired) electrons. The van der Waals surface area contributed by atoms with Gasteiger partial charge in [0.05, 0.1) is 56.3 Å². The molecule has 18 nitrogen and oxygen atoms in total. The molecule has 0 heterocycles. The van der Waals surface area contributed by atoms with E-state index in [1.54, 1.807) is 60.7 Å². The molecule has 0 amide bonds. The van der Waals surface area contributed by atoms with Gasteiger partial charge in [-0.25, -0.2) is 33.6 Å². The van der Waals surface area contributed by atoms with E-state index in [1.807, 2.05) is 0 Å². The summed E-state index contributed by atoms with van der Waals surface area (Å²) in [6.45, 7) is 14.1. The van der Waals surface area contributed by atoms with Crippen LogP contribution in [0.15, 0.2) is 153 Å². The van der Waals surface area contributed by atoms with Gasteiger partial charge in [-0.1, -0.05) is 58.3 Å². The van der Waals surface area contributed by atoms with Gasteiger partial charge in [-0.2, -0.15) is 0 Å². The lowest BCUT2D eigenvalue weighted by atomic mass is 10.1. The van der Waals surface area contributed by atoms with Gasteiger partial charge in [0.1, 0.15) is 45.8 Å². The number of hydrogen-bond acceptors (Lipinski definition) is 18. The minimum absolute atomic E-state index is 0.0511. The van der Waals surface area contributed by atoms with Crippen molar-refractivity contribution in [2.45, 2.75) is 103 Å². The highest BCUT2D eigenvalue weighted by Crippen LogP contribution is 2.29. The normalized spacial score (nSPS) is 10.9. The summed E-state index contributed by atoms with van der Waals surface area (Å²) in [5.41, 5.74) is 0.410. The van der Waals surface area contributed by atoms with Crippen molar-refractivity contribution in [2.24, 2.45) is 0 Å². The zero-order valence-electron chi connectivity index (χ0n) is 46.9. The summed E-state index contributed by atoms with van der Waals surface area (Å²) in [5.74, 6) is -2.44. The van der Waals surface area contributed by atoms with Gasteiger partial charge in [0, 0.05) is 25.2 Å². The highest BCUT2D eigenvalue weighted by molar-refractivity contribution is 5.97. The number of benzene rings is 5. The Morgan fingerprint density at radius 2 is 0.675 bits per heavy atom. The Labute approximate surface area is 484 Å². The van der Waals surface area contributed by atoms with Crippen molar-refractivity contribution in [3.63, 3.8) is 0 Å². The fourth-order valence-corrected chi connectivity index (χ4v) is 7.68. The predicted molar refractivity (Wildman–Crippen MR) is 307 cm³/mol. The van der Waals surface area contributed by atoms with Crippen molar-refractivity contribution in [1.29, 1.82) is 0 Å². The molecular weight excluding hydrogens is 1070 g/mol. The van der Waals surface area contributed by atoms with Gasteiger partial charge >= 0.3 is 41.8 Å². The molecule has 0 spiro atoms. The predicted octanol–water partition coefficient (Wildman–Crippen LogP) is 12.7. The third kappa shape index (κ3) is 25.0. The monoisotopic (exact) mass is 1140 g/mol. The van der Waals surface area contributed by atoms with E-state index >= 15 is 0 Å². The molecule has 0 bridgehead atoms. The summed E-state index contributed by atoms with van der Waals surface area (Å²) < 4.78 is 61.0. The summed E-state index contributed by atoms with van der Waals surface area (Å²) >= 11 is 0. The second-order valence-electron chi connectivity index (χ2n) is 18.6. The number of carbonyl (C=O) groups excluding carboxylic acids is 7. The van der Waals surface area contributed by atoms with Crippen LogP contribution in [0.25, 0.3) is 0 Å². The van der Waals surface area contributed by atoms with Crippen LogP contribution in [0.3, 0.4) is 0 Å². The molecular formula is C65H72O18. The lowest BCUT2D eigenvalue weighted by Crippen LogP contribution is -2.22. The smallest absolute Gasteiger partial charge is 0.345 e. The molecule has 0 saturated carbocycles. The van der Waals surface area contributed by atoms with Crippen molar-refractivity contribution < 1.29 is 85.7 Å². The van der Waals surface area contributed by atoms with E-state index in [0.29, 0.717) is 62.5 Å². The standard InChI is InChI=1S/C65H72O18/c1-5-59(66)76-43-19-12-8-10-16-40-73-52-30-24-49(25-31-52)63(70)82-56-38-39-58(83-64(71)50-26-32-53(33-27-50)74-41-17-11-9-13-20-44-77-60(67)6-2)57(46-56)65(72)80-47(4)79-54-34-36-55(37-35-54)81-62(69)48-22-28-51(29-23-48)75-42-18-14-15-21-45-78-61(68)7-3/h5-7,22-39,46-47H,1-3,8-21,40-45H2,4H3. The Morgan fingerprint density at radius 3 is 1.06 bits per heavy atom. The van der Waals surface area contributed by atoms with Crippen LogP contribution in [-0.2, 0) is 33.3 Å². The first-order valence-corrected chi connectivity index (χ1v) is 27.7. The summed E-state index contributed by atoms with van der Waals surface area (Å²) in [5, 5.41) is 0. The Hall–Kier alpha value is -9.19. The fourth-order valence-electron chi connectivity index (χ4n) is 7.68. The minimum Gasteiger partial charge on any atom is -0.494 e. The van der Waals surface area contributed by atoms with Gasteiger partial charge in [-0.05, 0) is 167 Å². The molecule has 0 saturated heterocycles. The van der Waals surface area contributed by atoms with E-state index in [1.165, 1.54) is 61.5 Å². The third-order valence-corrected chi connectivity index (χ3v) is 12.1. The number of unbranched alkanes of at least 4 members (excludes halogenated alkanes) is 11. The molecule has 1 atom stereocenters. The molecule has 0 fully saturated rings. The number of ether oxygens (including phenoxy) is 11. The quantitative estimate of drug-likeness (QED) is 0.00891. The van der Waals surface area contributed by atoms with Crippen molar-refractivity contribution in [3.05, 3.63) is 175 Å². The maximum absolute atomic E-state index is 13.9. The number of carbonyl (C=O) groups is 7. The van der Waals surface area contributed by atoms with Crippen molar-refractivity contribution in [2.75, 3.05) is 39.6 Å². The first kappa shape index (κ1) is 64.6. The van der Waals surface area contributed by atoms with Gasteiger partial charge in [-0.3, -0.25) is 0 Å². The molecule has 0 aliphatic rings. The number of hydrogen-bond donors (Lipinski definition) is 0. The topological polar surface area (TPSA) is 221 Å². The van der Waals surface area contributed by atoms with Gasteiger partial charge in [0.25, 0.3) is 0 Å². The highest BCUT2D eigenvalue weighted by Gasteiger charge is 2.23. The van der Waals surface area contributed by atoms with E-state index in [-0.39, 0.29) is 39.7 Å². The minimum atomic E-state index is -1.21. The van der Waals surface area contributed by atoms with Gasteiger partial charge in [-0.15, -0.1) is 0 Å². The summed E-state index contributed by atoms with van der Waals surface area (Å²) in [6.07, 6.45) is 14.3. The lowest BCUT2D eigenvalue weighted by molar-refractivity contribution is -0.138. The molecule has 0 N–H and O–H groups in total. The Morgan fingerprint density at radius 1 is 0.361 bits per heavy atom. The zero-order chi connectivity index (χ0) is 59.4. The highest BCUT2D eigenvalue weighted by atomic mass is 16.7. The SMILES string of the molecule is C=CC(=O)OCCCCCCCOc1ccc(C(=O)Oc2ccc(OC(=O)c3ccc(OCCCCCCCOC(=O)C=C)cc3)c(C(=O)OC(C)Oc3ccc(OC(=O)c4ccc(OCCCCCCOC(=O)C=C)cc4)cc3)c2)cc1. The van der Waals surface area contributed by atoms with Crippen LogP contribution in [-0.4, -0.2) is 87.7 Å². The average molecular weight is 1140 g/mol. The van der Waals surface area contributed by atoms with Crippen LogP contribution in [0.2, 0.25) is 0 Å². The summed E-state index contributed by atoms with van der Waals surface area (Å²) in [6, 6.07) is 29.2. The zero-order valence-corrected chi connectivity index (χ0v) is 46.9. The second kappa shape index (κ2) is 36.9. The Kier molecular flexibility index (Phi) is 28.8. The maximum atomic E-state index is 13.9. The van der Waals surface area contributed by atoms with Gasteiger partial charge in [0.15, 0.2) is 0 Å². The van der Waals surface area contributed by atoms with Crippen LogP contribution >= 0.6 is 0 Å². The van der Waals surface area contributed by atoms with E-state index in [0.717, 1.165) is 108 Å². The summed E-state index contributed by atoms with van der Waals surface area (Å²) in [4.78, 5) is 87.2. The molecule has 440 valence electrons. The van der Waals surface area contributed by atoms with Crippen LogP contribution in [0.5, 0.6) is 40.2 Å². The van der Waals surface area contributed by atoms with Gasteiger partial charge in [0.2, 0.25) is 6.29 Å². The molecule has 5 aromatic rings. The van der Waals surface area contributed by atoms with Crippen molar-refractivity contribution >= 4 is 41.8 Å². The van der Waals surface area contributed by atoms with Crippen molar-refractivity contribution in [1.82, 2.24) is 0 Å². The number of rotatable bonds is 39. The second-order valence-corrected chi connectivity index (χ2v) is 18.6. The largest absolute Gasteiger partial charge is 0.494 e. The van der Waals surface area contributed by atoms with E-state index in [2.05, 4.69) is 19.7 Å². The van der Waals surface area contributed by atoms with E-state index < -0.39 is 48.1 Å². The molecule has 0 aliphatic carbocycles. The van der Waals surface area contributed by atoms with E-state index in [9.17, 15) is 33.6 Å². The fraction of sp³-hybridized carbons (Fsp3) is 0.338. The molecule has 0 aliphatic heterocycles. The van der Waals surface area contributed by atoms with Crippen LogP contribution < -0.4 is 33.2 Å². The first-order chi connectivity index (χ1) is 40.3. The lowest BCUT2D eigenvalue weighted by Gasteiger charge is -2.17. The maximum Gasteiger partial charge on any atom is 0.345 e. The van der Waals surface area contributed by atoms with Crippen LogP contribution in [0.1, 0.15) is 138 Å². The van der Waals surface area contributed by atoms with E-state index in [4.69, 9.17) is 52.1 Å². The molecule has 1 unspecified atom stereocenters. The summed E-state index contributed by atoms with van der Waals surface area (Å²) in [7, 11) is 0. The Bertz CT molecular complexity index is 2880. The molecule has 83 heavy (non-hydrogen) atoms. The Balaban J connectivity index is 1.14. The molecule has 0 aromatic heterocycles. The molecule has 18 heteroatoms. The first-order valence-electron chi connectivity index (χ1n) is 27.7. The van der Waals surface area contributed by atoms with Crippen molar-refractivity contribution in [3.8, 4) is 40.2 Å². The average Bonchev–Trinajstić information content (AvgIpc) is 3.54. The van der Waals surface area contributed by atoms with Crippen LogP contribution in [0.4, 0.5) is 0 Å².